The third-order valence-corrected chi connectivity index (χ3v) is 3.60. The zero-order chi connectivity index (χ0) is 11.4. The van der Waals surface area contributed by atoms with Crippen LogP contribution in [0.2, 0.25) is 0 Å². The van der Waals surface area contributed by atoms with Crippen molar-refractivity contribution in [2.24, 2.45) is 5.92 Å². The van der Waals surface area contributed by atoms with E-state index < -0.39 is 0 Å². The van der Waals surface area contributed by atoms with Crippen molar-refractivity contribution in [3.63, 3.8) is 0 Å². The van der Waals surface area contributed by atoms with Gasteiger partial charge in [-0.2, -0.15) is 0 Å². The normalized spacial score (nSPS) is 13.2. The number of aromatic nitrogens is 1. The SMILES string of the molecule is CC(C)C(C)NCc1ncc(Br)cc1Br. The number of hydrogen-bond donors (Lipinski definition) is 1. The maximum atomic E-state index is 4.35. The van der Waals surface area contributed by atoms with E-state index in [2.05, 4.69) is 62.9 Å². The lowest BCUT2D eigenvalue weighted by molar-refractivity contribution is 0.423. The summed E-state index contributed by atoms with van der Waals surface area (Å²) in [6, 6.07) is 2.52. The van der Waals surface area contributed by atoms with Crippen LogP contribution in [-0.4, -0.2) is 11.0 Å². The van der Waals surface area contributed by atoms with Gasteiger partial charge in [-0.3, -0.25) is 4.98 Å². The number of rotatable bonds is 4. The first-order chi connectivity index (χ1) is 7.00. The maximum Gasteiger partial charge on any atom is 0.0684 e. The van der Waals surface area contributed by atoms with Gasteiger partial charge < -0.3 is 5.32 Å². The van der Waals surface area contributed by atoms with Crippen LogP contribution >= 0.6 is 31.9 Å². The number of nitrogens with zero attached hydrogens (tertiary/aromatic N) is 1. The maximum absolute atomic E-state index is 4.35. The summed E-state index contributed by atoms with van der Waals surface area (Å²) in [5.41, 5.74) is 1.05. The van der Waals surface area contributed by atoms with E-state index in [0.29, 0.717) is 12.0 Å². The molecule has 0 aromatic carbocycles. The Labute approximate surface area is 108 Å². The largest absolute Gasteiger partial charge is 0.308 e. The summed E-state index contributed by atoms with van der Waals surface area (Å²) >= 11 is 6.89. The van der Waals surface area contributed by atoms with Crippen LogP contribution < -0.4 is 5.32 Å². The van der Waals surface area contributed by atoms with Crippen LogP contribution in [0.25, 0.3) is 0 Å². The van der Waals surface area contributed by atoms with Crippen molar-refractivity contribution in [3.8, 4) is 0 Å². The molecule has 84 valence electrons. The van der Waals surface area contributed by atoms with E-state index in [4.69, 9.17) is 0 Å². The van der Waals surface area contributed by atoms with Crippen LogP contribution in [0.4, 0.5) is 0 Å². The van der Waals surface area contributed by atoms with E-state index in [-0.39, 0.29) is 0 Å². The first-order valence-corrected chi connectivity index (χ1v) is 6.62. The topological polar surface area (TPSA) is 24.9 Å². The van der Waals surface area contributed by atoms with Gasteiger partial charge in [0.1, 0.15) is 0 Å². The minimum atomic E-state index is 0.502. The molecule has 1 aromatic heterocycles. The first kappa shape index (κ1) is 13.1. The van der Waals surface area contributed by atoms with Gasteiger partial charge in [0.05, 0.1) is 5.69 Å². The van der Waals surface area contributed by atoms with Gasteiger partial charge in [0, 0.05) is 27.7 Å². The quantitative estimate of drug-likeness (QED) is 0.906. The van der Waals surface area contributed by atoms with E-state index in [1.165, 1.54) is 0 Å². The summed E-state index contributed by atoms with van der Waals surface area (Å²) in [5.74, 6) is 0.638. The number of pyridine rings is 1. The van der Waals surface area contributed by atoms with Gasteiger partial charge in [0.2, 0.25) is 0 Å². The van der Waals surface area contributed by atoms with Gasteiger partial charge >= 0.3 is 0 Å². The summed E-state index contributed by atoms with van der Waals surface area (Å²) < 4.78 is 2.04. The summed E-state index contributed by atoms with van der Waals surface area (Å²) in [6.45, 7) is 7.41. The smallest absolute Gasteiger partial charge is 0.0684 e. The van der Waals surface area contributed by atoms with E-state index in [1.807, 2.05) is 12.3 Å². The molecule has 0 saturated carbocycles. The Kier molecular flexibility index (Phi) is 5.23. The van der Waals surface area contributed by atoms with Gasteiger partial charge in [-0.25, -0.2) is 0 Å². The van der Waals surface area contributed by atoms with Crippen molar-refractivity contribution in [3.05, 3.63) is 26.9 Å². The second kappa shape index (κ2) is 5.97. The van der Waals surface area contributed by atoms with Gasteiger partial charge in [-0.1, -0.05) is 13.8 Å². The molecule has 15 heavy (non-hydrogen) atoms. The highest BCUT2D eigenvalue weighted by atomic mass is 79.9. The molecule has 1 N–H and O–H groups in total. The van der Waals surface area contributed by atoms with E-state index >= 15 is 0 Å². The number of nitrogens with one attached hydrogen (secondary N) is 1. The van der Waals surface area contributed by atoms with E-state index in [0.717, 1.165) is 21.2 Å². The molecule has 0 bridgehead atoms. The highest BCUT2D eigenvalue weighted by Gasteiger charge is 2.08. The number of halogens is 2. The zero-order valence-electron chi connectivity index (χ0n) is 9.22. The van der Waals surface area contributed by atoms with Crippen molar-refractivity contribution < 1.29 is 0 Å². The Morgan fingerprint density at radius 2 is 2.00 bits per heavy atom. The minimum Gasteiger partial charge on any atom is -0.308 e. The fourth-order valence-corrected chi connectivity index (χ4v) is 2.19. The molecule has 0 spiro atoms. The highest BCUT2D eigenvalue weighted by Crippen LogP contribution is 2.19. The average Bonchev–Trinajstić information content (AvgIpc) is 2.15. The third-order valence-electron chi connectivity index (χ3n) is 2.48. The molecule has 1 unspecified atom stereocenters. The number of hydrogen-bond acceptors (Lipinski definition) is 2. The Balaban J connectivity index is 2.58. The molecular weight excluding hydrogens is 320 g/mol. The van der Waals surface area contributed by atoms with Gasteiger partial charge in [-0.05, 0) is 50.8 Å². The summed E-state index contributed by atoms with van der Waals surface area (Å²) in [6.07, 6.45) is 1.82. The van der Waals surface area contributed by atoms with Crippen molar-refractivity contribution >= 4 is 31.9 Å². The second-order valence-electron chi connectivity index (χ2n) is 4.00. The van der Waals surface area contributed by atoms with Crippen LogP contribution in [0, 0.1) is 5.92 Å². The first-order valence-electron chi connectivity index (χ1n) is 5.04. The van der Waals surface area contributed by atoms with Crippen molar-refractivity contribution in [2.75, 3.05) is 0 Å². The molecule has 2 nitrogen and oxygen atoms in total. The highest BCUT2D eigenvalue weighted by molar-refractivity contribution is 9.11. The van der Waals surface area contributed by atoms with E-state index in [9.17, 15) is 0 Å². The predicted molar refractivity (Wildman–Crippen MR) is 70.8 cm³/mol. The monoisotopic (exact) mass is 334 g/mol. The molecule has 0 radical (unpaired) electrons. The summed E-state index contributed by atoms with van der Waals surface area (Å²) in [4.78, 5) is 4.35. The van der Waals surface area contributed by atoms with Crippen LogP contribution in [-0.2, 0) is 6.54 Å². The van der Waals surface area contributed by atoms with Gasteiger partial charge in [0.15, 0.2) is 0 Å². The molecule has 0 saturated heterocycles. The molecule has 1 aromatic rings. The van der Waals surface area contributed by atoms with Crippen LogP contribution in [0.1, 0.15) is 26.5 Å². The molecule has 0 aliphatic heterocycles. The molecular formula is C11H16Br2N2. The standard InChI is InChI=1S/C11H16Br2N2/c1-7(2)8(3)14-6-11-10(13)4-9(12)5-15-11/h4-5,7-8,14H,6H2,1-3H3. The lowest BCUT2D eigenvalue weighted by Crippen LogP contribution is -2.30. The molecule has 1 atom stereocenters. The van der Waals surface area contributed by atoms with Crippen LogP contribution in [0.5, 0.6) is 0 Å². The van der Waals surface area contributed by atoms with Crippen LogP contribution in [0.3, 0.4) is 0 Å². The fraction of sp³-hybridized carbons (Fsp3) is 0.545. The zero-order valence-corrected chi connectivity index (χ0v) is 12.4. The van der Waals surface area contributed by atoms with Gasteiger partial charge in [0.25, 0.3) is 0 Å². The van der Waals surface area contributed by atoms with Crippen molar-refractivity contribution in [2.45, 2.75) is 33.4 Å². The summed E-state index contributed by atoms with van der Waals surface area (Å²) in [5, 5.41) is 3.45. The Morgan fingerprint density at radius 3 is 2.53 bits per heavy atom. The van der Waals surface area contributed by atoms with Crippen LogP contribution in [0.15, 0.2) is 21.2 Å². The molecule has 0 amide bonds. The van der Waals surface area contributed by atoms with Crippen molar-refractivity contribution in [1.82, 2.24) is 10.3 Å². The molecule has 1 heterocycles. The lowest BCUT2D eigenvalue weighted by atomic mass is 10.1. The Bertz CT molecular complexity index is 326. The molecule has 0 aliphatic carbocycles. The van der Waals surface area contributed by atoms with E-state index in [1.54, 1.807) is 0 Å². The molecule has 4 heteroatoms. The fourth-order valence-electron chi connectivity index (χ4n) is 1.07. The molecule has 0 fully saturated rings. The second-order valence-corrected chi connectivity index (χ2v) is 5.77. The predicted octanol–water partition coefficient (Wildman–Crippen LogP) is 3.74. The van der Waals surface area contributed by atoms with Gasteiger partial charge in [-0.15, -0.1) is 0 Å². The summed E-state index contributed by atoms with van der Waals surface area (Å²) in [7, 11) is 0. The average molecular weight is 336 g/mol. The Hall–Kier alpha value is 0.0700. The molecule has 1 rings (SSSR count). The third kappa shape index (κ3) is 4.21. The minimum absolute atomic E-state index is 0.502. The van der Waals surface area contributed by atoms with Crippen molar-refractivity contribution in [1.29, 1.82) is 0 Å². The lowest BCUT2D eigenvalue weighted by Gasteiger charge is -2.17. The Morgan fingerprint density at radius 1 is 1.33 bits per heavy atom. The molecule has 0 aliphatic rings.